The molecule has 33 heavy (non-hydrogen) atoms. The van der Waals surface area contributed by atoms with Crippen LogP contribution < -0.4 is 16.0 Å². The number of rotatable bonds is 11. The molecule has 0 bridgehead atoms. The van der Waals surface area contributed by atoms with Crippen molar-refractivity contribution in [2.24, 2.45) is 0 Å². The second-order valence-corrected chi connectivity index (χ2v) is 10.5. The number of nitrogens with one attached hydrogen (secondary N) is 3. The van der Waals surface area contributed by atoms with E-state index in [4.69, 9.17) is 0 Å². The summed E-state index contributed by atoms with van der Waals surface area (Å²) in [5.74, 6) is -0.905. The lowest BCUT2D eigenvalue weighted by atomic mass is 9.98. The number of aliphatic hydroxyl groups is 1. The van der Waals surface area contributed by atoms with Gasteiger partial charge < -0.3 is 21.1 Å². The van der Waals surface area contributed by atoms with Gasteiger partial charge in [0.25, 0.3) is 0 Å². The maximum absolute atomic E-state index is 12.5. The van der Waals surface area contributed by atoms with Crippen LogP contribution in [0, 0.1) is 13.8 Å². The van der Waals surface area contributed by atoms with Gasteiger partial charge >= 0.3 is 0 Å². The summed E-state index contributed by atoms with van der Waals surface area (Å²) >= 11 is 1.30. The van der Waals surface area contributed by atoms with Crippen LogP contribution in [0.15, 0.2) is 18.2 Å². The van der Waals surface area contributed by atoms with Crippen molar-refractivity contribution in [1.29, 1.82) is 0 Å². The molecule has 1 aromatic carbocycles. The maximum atomic E-state index is 12.5. The third-order valence-electron chi connectivity index (χ3n) is 5.21. The Morgan fingerprint density at radius 1 is 1.15 bits per heavy atom. The number of hydrogen-bond donors (Lipinski definition) is 4. The highest BCUT2D eigenvalue weighted by Gasteiger charge is 2.23. The molecule has 2 amide bonds. The van der Waals surface area contributed by atoms with Gasteiger partial charge in [0.1, 0.15) is 11.4 Å². The molecule has 2 aromatic rings. The predicted molar refractivity (Wildman–Crippen MR) is 132 cm³/mol. The van der Waals surface area contributed by atoms with Gasteiger partial charge in [-0.15, -0.1) is 10.2 Å². The lowest BCUT2D eigenvalue weighted by Gasteiger charge is -2.24. The van der Waals surface area contributed by atoms with Crippen LogP contribution in [0.25, 0.3) is 0 Å². The lowest BCUT2D eigenvalue weighted by Crippen LogP contribution is -2.49. The number of carbonyl (C=O) groups excluding carboxylic acids is 2. The number of amides is 2. The highest BCUT2D eigenvalue weighted by Crippen LogP contribution is 2.27. The average molecular weight is 476 g/mol. The highest BCUT2D eigenvalue weighted by molar-refractivity contribution is 7.15. The molecular weight excluding hydrogens is 438 g/mol. The quantitative estimate of drug-likeness (QED) is 0.371. The van der Waals surface area contributed by atoms with Gasteiger partial charge in [0, 0.05) is 18.5 Å². The summed E-state index contributed by atoms with van der Waals surface area (Å²) in [5.41, 5.74) is 3.41. The highest BCUT2D eigenvalue weighted by atomic mass is 32.1. The van der Waals surface area contributed by atoms with E-state index in [2.05, 4.69) is 58.2 Å². The first-order chi connectivity index (χ1) is 15.5. The average Bonchev–Trinajstić information content (AvgIpc) is 3.17. The van der Waals surface area contributed by atoms with E-state index in [1.165, 1.54) is 28.0 Å². The summed E-state index contributed by atoms with van der Waals surface area (Å²) in [6, 6.07) is 5.78. The van der Waals surface area contributed by atoms with Crippen molar-refractivity contribution in [3.05, 3.63) is 39.9 Å². The van der Waals surface area contributed by atoms with Crippen molar-refractivity contribution in [2.75, 3.05) is 11.9 Å². The third-order valence-corrected chi connectivity index (χ3v) is 6.47. The van der Waals surface area contributed by atoms with E-state index in [9.17, 15) is 14.7 Å². The van der Waals surface area contributed by atoms with Crippen molar-refractivity contribution in [2.45, 2.75) is 84.9 Å². The monoisotopic (exact) mass is 475 g/mol. The molecule has 4 N–H and O–H groups in total. The van der Waals surface area contributed by atoms with E-state index in [-0.39, 0.29) is 11.8 Å². The zero-order valence-corrected chi connectivity index (χ0v) is 21.3. The second kappa shape index (κ2) is 12.2. The van der Waals surface area contributed by atoms with Crippen molar-refractivity contribution in [3.8, 4) is 0 Å². The van der Waals surface area contributed by atoms with Gasteiger partial charge in [-0.25, -0.2) is 0 Å². The Balaban J connectivity index is 1.90. The molecule has 2 atom stereocenters. The van der Waals surface area contributed by atoms with Gasteiger partial charge in [-0.2, -0.15) is 0 Å². The Morgan fingerprint density at radius 3 is 2.48 bits per heavy atom. The van der Waals surface area contributed by atoms with Crippen LogP contribution in [0.2, 0.25) is 0 Å². The molecule has 0 saturated carbocycles. The fourth-order valence-electron chi connectivity index (χ4n) is 3.33. The SMILES string of the molecule is CCC[C@H](O)[C@H](CNCc1ccc(C)cc1C)NC(=O)CC(=O)Nc1nnc(C(C)(C)C)s1. The lowest BCUT2D eigenvalue weighted by molar-refractivity contribution is -0.127. The first kappa shape index (κ1) is 26.9. The minimum absolute atomic E-state index is 0.162. The van der Waals surface area contributed by atoms with Crippen molar-refractivity contribution < 1.29 is 14.7 Å². The van der Waals surface area contributed by atoms with Crippen molar-refractivity contribution in [3.63, 3.8) is 0 Å². The normalized spacial score (nSPS) is 13.4. The van der Waals surface area contributed by atoms with Crippen LogP contribution in [0.1, 0.15) is 68.7 Å². The molecule has 182 valence electrons. The topological polar surface area (TPSA) is 116 Å². The van der Waals surface area contributed by atoms with E-state index >= 15 is 0 Å². The Kier molecular flexibility index (Phi) is 9.94. The molecular formula is C24H37N5O3S. The zero-order valence-electron chi connectivity index (χ0n) is 20.5. The van der Waals surface area contributed by atoms with Crippen LogP contribution in [-0.2, 0) is 21.5 Å². The second-order valence-electron chi connectivity index (χ2n) is 9.48. The summed E-state index contributed by atoms with van der Waals surface area (Å²) in [6.45, 7) is 13.2. The number of benzene rings is 1. The minimum Gasteiger partial charge on any atom is -0.391 e. The largest absolute Gasteiger partial charge is 0.391 e. The van der Waals surface area contributed by atoms with E-state index in [0.29, 0.717) is 24.6 Å². The van der Waals surface area contributed by atoms with Gasteiger partial charge in [0.05, 0.1) is 12.1 Å². The summed E-state index contributed by atoms with van der Waals surface area (Å²) in [7, 11) is 0. The zero-order chi connectivity index (χ0) is 24.6. The fraction of sp³-hybridized carbons (Fsp3) is 0.583. The van der Waals surface area contributed by atoms with Crippen LogP contribution >= 0.6 is 11.3 Å². The number of aryl methyl sites for hydroxylation is 2. The summed E-state index contributed by atoms with van der Waals surface area (Å²) in [6.07, 6.45) is 0.295. The number of hydrogen-bond acceptors (Lipinski definition) is 7. The summed E-state index contributed by atoms with van der Waals surface area (Å²) in [5, 5.41) is 28.5. The number of carbonyl (C=O) groups is 2. The number of aliphatic hydroxyl groups excluding tert-OH is 1. The van der Waals surface area contributed by atoms with E-state index in [0.717, 1.165) is 11.4 Å². The number of nitrogens with zero attached hydrogens (tertiary/aromatic N) is 2. The predicted octanol–water partition coefficient (Wildman–Crippen LogP) is 3.22. The molecule has 9 heteroatoms. The Labute approximate surface area is 200 Å². The van der Waals surface area contributed by atoms with E-state index < -0.39 is 24.0 Å². The Morgan fingerprint density at radius 2 is 1.88 bits per heavy atom. The molecule has 0 fully saturated rings. The van der Waals surface area contributed by atoms with Crippen LogP contribution in [0.3, 0.4) is 0 Å². The smallest absolute Gasteiger partial charge is 0.235 e. The van der Waals surface area contributed by atoms with Gasteiger partial charge in [-0.3, -0.25) is 9.59 Å². The number of anilines is 1. The molecule has 1 heterocycles. The standard InChI is InChI=1S/C24H37N5O3S/c1-7-8-19(30)18(14-25-13-17-10-9-15(2)11-16(17)3)26-20(31)12-21(32)27-23-29-28-22(33-23)24(4,5)6/h9-11,18-19,25,30H,7-8,12-14H2,1-6H3,(H,26,31)(H,27,29,32)/t18-,19-/m0/s1. The molecule has 0 unspecified atom stereocenters. The van der Waals surface area contributed by atoms with Gasteiger partial charge in [0.2, 0.25) is 16.9 Å². The maximum Gasteiger partial charge on any atom is 0.235 e. The van der Waals surface area contributed by atoms with E-state index in [1.54, 1.807) is 0 Å². The molecule has 0 saturated heterocycles. The van der Waals surface area contributed by atoms with Gasteiger partial charge in [-0.05, 0) is 31.4 Å². The first-order valence-corrected chi connectivity index (χ1v) is 12.2. The molecule has 0 radical (unpaired) electrons. The van der Waals surface area contributed by atoms with Gasteiger partial charge in [-0.1, -0.05) is 69.2 Å². The Bertz CT molecular complexity index is 938. The summed E-state index contributed by atoms with van der Waals surface area (Å²) < 4.78 is 0. The van der Waals surface area contributed by atoms with E-state index in [1.807, 2.05) is 27.7 Å². The minimum atomic E-state index is -0.703. The van der Waals surface area contributed by atoms with Crippen LogP contribution in [0.4, 0.5) is 5.13 Å². The van der Waals surface area contributed by atoms with Crippen molar-refractivity contribution in [1.82, 2.24) is 20.8 Å². The summed E-state index contributed by atoms with van der Waals surface area (Å²) in [4.78, 5) is 24.8. The van der Waals surface area contributed by atoms with Crippen molar-refractivity contribution >= 4 is 28.3 Å². The molecule has 0 spiro atoms. The molecule has 0 aliphatic carbocycles. The Hall–Kier alpha value is -2.36. The molecule has 0 aliphatic heterocycles. The molecule has 8 nitrogen and oxygen atoms in total. The molecule has 2 rings (SSSR count). The van der Waals surface area contributed by atoms with Crippen LogP contribution in [-0.4, -0.2) is 45.8 Å². The molecule has 0 aliphatic rings. The van der Waals surface area contributed by atoms with Gasteiger partial charge in [0.15, 0.2) is 0 Å². The third kappa shape index (κ3) is 8.83. The number of aromatic nitrogens is 2. The molecule has 1 aromatic heterocycles. The fourth-order valence-corrected chi connectivity index (χ4v) is 4.15. The first-order valence-electron chi connectivity index (χ1n) is 11.4. The van der Waals surface area contributed by atoms with Crippen LogP contribution in [0.5, 0.6) is 0 Å².